The standard InChI is InChI=1S/C20H14ClFN2/c21-16-10-6-9-15(19(16)22)13-24-18-12-5-4-11-17(18)23-20(24)14-7-2-1-3-8-14/h1-12H,13H2. The van der Waals surface area contributed by atoms with Crippen LogP contribution >= 0.6 is 11.6 Å². The molecule has 0 unspecified atom stereocenters. The minimum atomic E-state index is -0.379. The van der Waals surface area contributed by atoms with Gasteiger partial charge in [-0.15, -0.1) is 0 Å². The van der Waals surface area contributed by atoms with E-state index in [9.17, 15) is 4.39 Å². The molecule has 2 nitrogen and oxygen atoms in total. The summed E-state index contributed by atoms with van der Waals surface area (Å²) in [6.45, 7) is 0.372. The van der Waals surface area contributed by atoms with Gasteiger partial charge < -0.3 is 4.57 Å². The van der Waals surface area contributed by atoms with Gasteiger partial charge in [0.1, 0.15) is 11.6 Å². The molecule has 0 spiro atoms. The number of halogens is 2. The molecule has 0 aliphatic rings. The van der Waals surface area contributed by atoms with Gasteiger partial charge in [-0.05, 0) is 18.2 Å². The van der Waals surface area contributed by atoms with Gasteiger partial charge in [-0.2, -0.15) is 0 Å². The van der Waals surface area contributed by atoms with Crippen LogP contribution in [-0.4, -0.2) is 9.55 Å². The lowest BCUT2D eigenvalue weighted by Gasteiger charge is -2.11. The van der Waals surface area contributed by atoms with E-state index in [0.717, 1.165) is 22.4 Å². The summed E-state index contributed by atoms with van der Waals surface area (Å²) in [7, 11) is 0. The summed E-state index contributed by atoms with van der Waals surface area (Å²) in [5.74, 6) is 0.437. The van der Waals surface area contributed by atoms with Crippen LogP contribution in [0.1, 0.15) is 5.56 Å². The molecule has 0 N–H and O–H groups in total. The first-order valence-corrected chi connectivity index (χ1v) is 8.05. The fourth-order valence-corrected chi connectivity index (χ4v) is 3.08. The van der Waals surface area contributed by atoms with Gasteiger partial charge in [-0.3, -0.25) is 0 Å². The molecule has 0 aliphatic heterocycles. The molecule has 0 aliphatic carbocycles. The molecule has 4 rings (SSSR count). The molecule has 0 fully saturated rings. The molecule has 1 aromatic heterocycles. The van der Waals surface area contributed by atoms with Gasteiger partial charge >= 0.3 is 0 Å². The zero-order valence-corrected chi connectivity index (χ0v) is 13.5. The topological polar surface area (TPSA) is 17.8 Å². The molecule has 1 heterocycles. The van der Waals surface area contributed by atoms with Crippen LogP contribution < -0.4 is 0 Å². The number of hydrogen-bond donors (Lipinski definition) is 0. The summed E-state index contributed by atoms with van der Waals surface area (Å²) in [5, 5.41) is 0.137. The Kier molecular flexibility index (Phi) is 3.79. The fraction of sp³-hybridized carbons (Fsp3) is 0.0500. The molecule has 4 heteroatoms. The van der Waals surface area contributed by atoms with Crippen LogP contribution in [0.5, 0.6) is 0 Å². The molecule has 118 valence electrons. The molecule has 0 bridgehead atoms. The predicted octanol–water partition coefficient (Wildman–Crippen LogP) is 5.54. The minimum Gasteiger partial charge on any atom is -0.319 e. The van der Waals surface area contributed by atoms with Crippen LogP contribution in [0.2, 0.25) is 5.02 Å². The van der Waals surface area contributed by atoms with Crippen LogP contribution in [0, 0.1) is 5.82 Å². The number of fused-ring (bicyclic) bond motifs is 1. The average Bonchev–Trinajstić information content (AvgIpc) is 2.98. The van der Waals surface area contributed by atoms with E-state index >= 15 is 0 Å². The van der Waals surface area contributed by atoms with Gasteiger partial charge in [0.2, 0.25) is 0 Å². The summed E-state index contributed by atoms with van der Waals surface area (Å²) in [4.78, 5) is 4.74. The molecule has 0 saturated carbocycles. The second kappa shape index (κ2) is 6.10. The van der Waals surface area contributed by atoms with Crippen LogP contribution in [0.25, 0.3) is 22.4 Å². The SMILES string of the molecule is Fc1c(Cl)cccc1Cn1c(-c2ccccc2)nc2ccccc21. The van der Waals surface area contributed by atoms with Crippen molar-refractivity contribution in [3.8, 4) is 11.4 Å². The Labute approximate surface area is 144 Å². The lowest BCUT2D eigenvalue weighted by atomic mass is 10.2. The number of para-hydroxylation sites is 2. The van der Waals surface area contributed by atoms with Crippen LogP contribution in [0.15, 0.2) is 72.8 Å². The van der Waals surface area contributed by atoms with Crippen molar-refractivity contribution in [3.63, 3.8) is 0 Å². The summed E-state index contributed by atoms with van der Waals surface area (Å²) in [6, 6.07) is 22.9. The first-order valence-electron chi connectivity index (χ1n) is 7.67. The summed E-state index contributed by atoms with van der Waals surface area (Å²) in [6.07, 6.45) is 0. The Morgan fingerprint density at radius 3 is 2.46 bits per heavy atom. The second-order valence-corrected chi connectivity index (χ2v) is 6.00. The summed E-state index contributed by atoms with van der Waals surface area (Å²) >= 11 is 5.93. The van der Waals surface area contributed by atoms with Gasteiger partial charge in [-0.1, -0.05) is 66.2 Å². The van der Waals surface area contributed by atoms with Crippen molar-refractivity contribution >= 4 is 22.6 Å². The average molecular weight is 337 g/mol. The number of rotatable bonds is 3. The molecule has 3 aromatic carbocycles. The van der Waals surface area contributed by atoms with Gasteiger partial charge in [0, 0.05) is 11.1 Å². The third-order valence-corrected chi connectivity index (χ3v) is 4.34. The van der Waals surface area contributed by atoms with E-state index in [-0.39, 0.29) is 10.8 Å². The maximum Gasteiger partial charge on any atom is 0.146 e. The highest BCUT2D eigenvalue weighted by atomic mass is 35.5. The number of hydrogen-bond acceptors (Lipinski definition) is 1. The Morgan fingerprint density at radius 2 is 1.62 bits per heavy atom. The molecule has 0 radical (unpaired) electrons. The highest BCUT2D eigenvalue weighted by molar-refractivity contribution is 6.30. The van der Waals surface area contributed by atoms with E-state index in [1.54, 1.807) is 18.2 Å². The molecule has 0 amide bonds. The van der Waals surface area contributed by atoms with E-state index in [4.69, 9.17) is 16.6 Å². The summed E-state index contributed by atoms with van der Waals surface area (Å²) < 4.78 is 16.4. The molecular weight excluding hydrogens is 323 g/mol. The third-order valence-electron chi connectivity index (χ3n) is 4.05. The zero-order valence-electron chi connectivity index (χ0n) is 12.8. The van der Waals surface area contributed by atoms with E-state index in [0.29, 0.717) is 12.1 Å². The fourth-order valence-electron chi connectivity index (χ4n) is 2.88. The lowest BCUT2D eigenvalue weighted by molar-refractivity contribution is 0.602. The van der Waals surface area contributed by atoms with Crippen molar-refractivity contribution in [2.24, 2.45) is 0 Å². The van der Waals surface area contributed by atoms with Crippen LogP contribution in [0.3, 0.4) is 0 Å². The van der Waals surface area contributed by atoms with Crippen molar-refractivity contribution in [2.45, 2.75) is 6.54 Å². The van der Waals surface area contributed by atoms with E-state index in [2.05, 4.69) is 0 Å². The van der Waals surface area contributed by atoms with Crippen LogP contribution in [0.4, 0.5) is 4.39 Å². The molecular formula is C20H14ClFN2. The number of imidazole rings is 1. The zero-order chi connectivity index (χ0) is 16.5. The smallest absolute Gasteiger partial charge is 0.146 e. The number of nitrogens with zero attached hydrogens (tertiary/aromatic N) is 2. The first kappa shape index (κ1) is 14.9. The highest BCUT2D eigenvalue weighted by Gasteiger charge is 2.15. The predicted molar refractivity (Wildman–Crippen MR) is 95.7 cm³/mol. The maximum atomic E-state index is 14.4. The van der Waals surface area contributed by atoms with E-state index in [1.807, 2.05) is 59.2 Å². The van der Waals surface area contributed by atoms with Crippen molar-refractivity contribution in [3.05, 3.63) is 89.2 Å². The van der Waals surface area contributed by atoms with Crippen molar-refractivity contribution in [1.29, 1.82) is 0 Å². The van der Waals surface area contributed by atoms with Crippen molar-refractivity contribution in [1.82, 2.24) is 9.55 Å². The van der Waals surface area contributed by atoms with Crippen molar-refractivity contribution in [2.75, 3.05) is 0 Å². The quantitative estimate of drug-likeness (QED) is 0.480. The Bertz CT molecular complexity index is 1010. The number of aromatic nitrogens is 2. The van der Waals surface area contributed by atoms with Gasteiger partial charge in [0.25, 0.3) is 0 Å². The summed E-state index contributed by atoms with van der Waals surface area (Å²) in [5.41, 5.74) is 3.40. The first-order chi connectivity index (χ1) is 11.7. The Morgan fingerprint density at radius 1 is 0.875 bits per heavy atom. The molecule has 0 atom stereocenters. The maximum absolute atomic E-state index is 14.4. The lowest BCUT2D eigenvalue weighted by Crippen LogP contribution is -2.04. The number of benzene rings is 3. The van der Waals surface area contributed by atoms with Gasteiger partial charge in [0.05, 0.1) is 22.6 Å². The van der Waals surface area contributed by atoms with Gasteiger partial charge in [-0.25, -0.2) is 9.37 Å². The van der Waals surface area contributed by atoms with E-state index in [1.165, 1.54) is 0 Å². The third kappa shape index (κ3) is 2.57. The normalized spacial score (nSPS) is 11.1. The molecule has 0 saturated heterocycles. The second-order valence-electron chi connectivity index (χ2n) is 5.59. The van der Waals surface area contributed by atoms with E-state index < -0.39 is 0 Å². The Balaban J connectivity index is 1.91. The van der Waals surface area contributed by atoms with Gasteiger partial charge in [0.15, 0.2) is 0 Å². The van der Waals surface area contributed by atoms with Crippen molar-refractivity contribution < 1.29 is 4.39 Å². The minimum absolute atomic E-state index is 0.137. The molecule has 24 heavy (non-hydrogen) atoms. The Hall–Kier alpha value is -2.65. The molecule has 4 aromatic rings. The highest BCUT2D eigenvalue weighted by Crippen LogP contribution is 2.27. The van der Waals surface area contributed by atoms with Crippen LogP contribution in [-0.2, 0) is 6.54 Å². The largest absolute Gasteiger partial charge is 0.319 e. The monoisotopic (exact) mass is 336 g/mol.